The summed E-state index contributed by atoms with van der Waals surface area (Å²) in [7, 11) is -6.45. The van der Waals surface area contributed by atoms with E-state index in [-0.39, 0.29) is 13.1 Å². The summed E-state index contributed by atoms with van der Waals surface area (Å²) in [6.07, 6.45) is 1.32. The van der Waals surface area contributed by atoms with Crippen molar-refractivity contribution in [2.24, 2.45) is 0 Å². The van der Waals surface area contributed by atoms with E-state index in [0.29, 0.717) is 24.3 Å². The van der Waals surface area contributed by atoms with Crippen molar-refractivity contribution in [1.29, 1.82) is 0 Å². The first-order valence-electron chi connectivity index (χ1n) is 5.86. The van der Waals surface area contributed by atoms with Gasteiger partial charge >= 0.3 is 26.5 Å². The lowest BCUT2D eigenvalue weighted by Crippen LogP contribution is -2.57. The van der Waals surface area contributed by atoms with Crippen LogP contribution in [0.15, 0.2) is 0 Å². The SMILES string of the molecule is O=S(=O)(ON1CCCCC1)C(F)(F)C(F)(F)C(F)(F)SOO[O-]. The Kier molecular flexibility index (Phi) is 6.56. The predicted octanol–water partition coefficient (Wildman–Crippen LogP) is 1.43. The topological polar surface area (TPSA) is 88.1 Å². The summed E-state index contributed by atoms with van der Waals surface area (Å²) in [5, 5.41) is 0.0648. The van der Waals surface area contributed by atoms with E-state index in [4.69, 9.17) is 0 Å². The lowest BCUT2D eigenvalue weighted by atomic mass is 10.2. The third kappa shape index (κ3) is 4.21. The molecular weight excluding hydrogens is 384 g/mol. The number of alkyl halides is 6. The van der Waals surface area contributed by atoms with Gasteiger partial charge in [-0.05, 0) is 12.8 Å². The molecule has 0 aromatic carbocycles. The lowest BCUT2D eigenvalue weighted by molar-refractivity contribution is -0.777. The largest absolute Gasteiger partial charge is 0.691 e. The molecule has 1 aliphatic heterocycles. The smallest absolute Gasteiger partial charge is 0.440 e. The van der Waals surface area contributed by atoms with Crippen molar-refractivity contribution in [1.82, 2.24) is 5.06 Å². The zero-order valence-electron chi connectivity index (χ0n) is 11.0. The Labute approximate surface area is 130 Å². The van der Waals surface area contributed by atoms with Crippen LogP contribution in [0.25, 0.3) is 0 Å². The molecule has 1 rings (SSSR count). The Bertz CT molecular complexity index is 497. The summed E-state index contributed by atoms with van der Waals surface area (Å²) in [4.78, 5) is 0. The van der Waals surface area contributed by atoms with Gasteiger partial charge in [-0.15, -0.1) is 0 Å². The van der Waals surface area contributed by atoms with Gasteiger partial charge in [0.05, 0.1) is 0 Å². The third-order valence-corrected chi connectivity index (χ3v) is 4.61. The van der Waals surface area contributed by atoms with Crippen molar-refractivity contribution in [2.75, 3.05) is 13.1 Å². The Morgan fingerprint density at radius 1 is 1.00 bits per heavy atom. The summed E-state index contributed by atoms with van der Waals surface area (Å²) < 4.78 is 109. The summed E-state index contributed by atoms with van der Waals surface area (Å²) >= 11 is -1.76. The number of piperidine rings is 1. The Hall–Kier alpha value is -0.320. The van der Waals surface area contributed by atoms with Crippen LogP contribution in [-0.4, -0.2) is 43.0 Å². The molecule has 138 valence electrons. The quantitative estimate of drug-likeness (QED) is 0.264. The summed E-state index contributed by atoms with van der Waals surface area (Å²) in [6, 6.07) is 0. The maximum Gasteiger partial charge on any atom is 0.440 e. The van der Waals surface area contributed by atoms with E-state index in [1.807, 2.05) is 0 Å². The molecule has 0 saturated carbocycles. The second-order valence-electron chi connectivity index (χ2n) is 4.35. The molecule has 0 aliphatic carbocycles. The molecule has 0 radical (unpaired) electrons. The molecule has 23 heavy (non-hydrogen) atoms. The number of hydroxylamine groups is 2. The van der Waals surface area contributed by atoms with Crippen LogP contribution in [0.1, 0.15) is 19.3 Å². The fraction of sp³-hybridized carbons (Fsp3) is 1.00. The Morgan fingerprint density at radius 3 is 2.00 bits per heavy atom. The highest BCUT2D eigenvalue weighted by atomic mass is 32.2. The van der Waals surface area contributed by atoms with E-state index in [9.17, 15) is 40.0 Å². The Morgan fingerprint density at radius 2 is 1.52 bits per heavy atom. The number of hydrogen-bond donors (Lipinski definition) is 0. The highest BCUT2D eigenvalue weighted by Crippen LogP contribution is 2.53. The van der Waals surface area contributed by atoms with E-state index >= 15 is 0 Å². The van der Waals surface area contributed by atoms with E-state index in [2.05, 4.69) is 13.7 Å². The minimum Gasteiger partial charge on any atom is -0.691 e. The second kappa shape index (κ2) is 7.28. The van der Waals surface area contributed by atoms with Crippen LogP contribution in [-0.2, 0) is 23.8 Å². The van der Waals surface area contributed by atoms with Crippen molar-refractivity contribution >= 4 is 22.2 Å². The van der Waals surface area contributed by atoms with Gasteiger partial charge in [0, 0.05) is 13.1 Å². The second-order valence-corrected chi connectivity index (χ2v) is 6.73. The van der Waals surface area contributed by atoms with Gasteiger partial charge in [-0.25, -0.2) is 0 Å². The number of rotatable bonds is 8. The molecule has 0 unspecified atom stereocenters. The average molecular weight is 394 g/mol. The maximum absolute atomic E-state index is 13.5. The summed E-state index contributed by atoms with van der Waals surface area (Å²) in [5.74, 6) is -6.46. The van der Waals surface area contributed by atoms with Crippen molar-refractivity contribution < 1.29 is 53.7 Å². The predicted molar refractivity (Wildman–Crippen MR) is 60.0 cm³/mol. The highest BCUT2D eigenvalue weighted by molar-refractivity contribution is 7.95. The molecule has 0 spiro atoms. The first-order chi connectivity index (χ1) is 10.4. The minimum atomic E-state index is -6.46. The number of hydrogen-bond acceptors (Lipinski definition) is 8. The van der Waals surface area contributed by atoms with Gasteiger partial charge in [0.1, 0.15) is 12.0 Å². The van der Waals surface area contributed by atoms with E-state index in [0.717, 1.165) is 0 Å². The fourth-order valence-corrected chi connectivity index (χ4v) is 2.93. The molecule has 7 nitrogen and oxygen atoms in total. The molecule has 0 amide bonds. The fourth-order valence-electron chi connectivity index (χ4n) is 1.56. The van der Waals surface area contributed by atoms with Gasteiger partial charge in [-0.2, -0.15) is 48.4 Å². The van der Waals surface area contributed by atoms with Crippen LogP contribution in [0.3, 0.4) is 0 Å². The normalized spacial score (nSPS) is 19.1. The maximum atomic E-state index is 13.5. The summed E-state index contributed by atoms with van der Waals surface area (Å²) in [6.45, 7) is -0.307. The van der Waals surface area contributed by atoms with Crippen LogP contribution in [0.5, 0.6) is 0 Å². The van der Waals surface area contributed by atoms with Crippen LogP contribution in [0.2, 0.25) is 0 Å². The Balaban J connectivity index is 3.00. The van der Waals surface area contributed by atoms with Gasteiger partial charge in [0.15, 0.2) is 0 Å². The van der Waals surface area contributed by atoms with Gasteiger partial charge in [0.2, 0.25) is 0 Å². The molecule has 1 saturated heterocycles. The van der Waals surface area contributed by atoms with Crippen molar-refractivity contribution in [3.05, 3.63) is 0 Å². The van der Waals surface area contributed by atoms with E-state index < -0.39 is 38.6 Å². The van der Waals surface area contributed by atoms with Gasteiger partial charge in [-0.3, -0.25) is 5.04 Å². The van der Waals surface area contributed by atoms with Gasteiger partial charge in [-0.1, -0.05) is 6.42 Å². The van der Waals surface area contributed by atoms with Crippen molar-refractivity contribution in [3.8, 4) is 0 Å². The summed E-state index contributed by atoms with van der Waals surface area (Å²) in [5.41, 5.74) is 0. The highest BCUT2D eigenvalue weighted by Gasteiger charge is 2.79. The molecule has 1 heterocycles. The average Bonchev–Trinajstić information content (AvgIpc) is 2.45. The molecular formula is C8H10F6NO6S2-. The standard InChI is InChI=1S/C8H11F6NO6S2/c9-6(10,7(11,12)22-21-20-16)8(13,14)23(17,18)19-15-4-2-1-3-5-15/h16H,1-5H2/p-1. The zero-order chi connectivity index (χ0) is 17.9. The van der Waals surface area contributed by atoms with Crippen LogP contribution in [0.4, 0.5) is 26.3 Å². The van der Waals surface area contributed by atoms with Crippen LogP contribution >= 0.6 is 12.0 Å². The van der Waals surface area contributed by atoms with Gasteiger partial charge in [0.25, 0.3) is 0 Å². The van der Waals surface area contributed by atoms with Crippen molar-refractivity contribution in [2.45, 2.75) is 35.7 Å². The first-order valence-corrected chi connectivity index (χ1v) is 8.01. The molecule has 0 atom stereocenters. The molecule has 1 fully saturated rings. The van der Waals surface area contributed by atoms with E-state index in [1.165, 1.54) is 0 Å². The monoisotopic (exact) mass is 394 g/mol. The minimum absolute atomic E-state index is 0.154. The molecule has 0 aromatic rings. The molecule has 1 aliphatic rings. The van der Waals surface area contributed by atoms with Crippen molar-refractivity contribution in [3.63, 3.8) is 0 Å². The van der Waals surface area contributed by atoms with E-state index in [1.54, 1.807) is 0 Å². The van der Waals surface area contributed by atoms with Crippen LogP contribution in [0, 0.1) is 0 Å². The molecule has 0 bridgehead atoms. The first kappa shape index (κ1) is 20.7. The zero-order valence-corrected chi connectivity index (χ0v) is 12.6. The molecule has 0 aromatic heterocycles. The van der Waals surface area contributed by atoms with Crippen LogP contribution < -0.4 is 5.26 Å². The molecule has 15 heteroatoms. The molecule has 0 N–H and O–H groups in total. The number of halogens is 6. The number of nitrogens with zero attached hydrogens (tertiary/aromatic N) is 1. The third-order valence-electron chi connectivity index (χ3n) is 2.73. The lowest BCUT2D eigenvalue weighted by Gasteiger charge is -2.32. The van der Waals surface area contributed by atoms with Gasteiger partial charge < -0.3 is 5.26 Å².